The summed E-state index contributed by atoms with van der Waals surface area (Å²) in [5.74, 6) is -2.15. The van der Waals surface area contributed by atoms with E-state index in [1.165, 1.54) is 12.1 Å². The molecule has 0 aliphatic heterocycles. The third-order valence-electron chi connectivity index (χ3n) is 4.67. The maximum atomic E-state index is 13.3. The zero-order valence-electron chi connectivity index (χ0n) is 16.5. The van der Waals surface area contributed by atoms with Crippen LogP contribution < -0.4 is 16.4 Å². The van der Waals surface area contributed by atoms with Gasteiger partial charge in [-0.15, -0.1) is 0 Å². The summed E-state index contributed by atoms with van der Waals surface area (Å²) in [7, 11) is 0. The van der Waals surface area contributed by atoms with E-state index in [2.05, 4.69) is 15.6 Å². The predicted molar refractivity (Wildman–Crippen MR) is 113 cm³/mol. The van der Waals surface area contributed by atoms with E-state index in [4.69, 9.17) is 5.73 Å². The molecule has 0 bridgehead atoms. The number of hydrogen-bond donors (Lipinski definition) is 4. The Kier molecular flexibility index (Phi) is 6.76. The molecule has 31 heavy (non-hydrogen) atoms. The number of aliphatic carboxylic acids is 1. The number of urea groups is 1. The topological polar surface area (TPSA) is 134 Å². The smallest absolute Gasteiger partial charge is 0.326 e. The molecular weight excluding hydrogens is 403 g/mol. The molecule has 1 aromatic heterocycles. The molecule has 1 atom stereocenters. The van der Waals surface area contributed by atoms with Crippen LogP contribution in [0.1, 0.15) is 23.2 Å². The number of primary amides is 1. The third-order valence-corrected chi connectivity index (χ3v) is 4.67. The number of carboxylic acid groups (broad SMARTS) is 1. The fourth-order valence-electron chi connectivity index (χ4n) is 3.14. The van der Waals surface area contributed by atoms with E-state index >= 15 is 0 Å². The summed E-state index contributed by atoms with van der Waals surface area (Å²) in [6.45, 7) is 0.196. The summed E-state index contributed by atoms with van der Waals surface area (Å²) in [5, 5.41) is 14.9. The molecule has 8 nitrogen and oxygen atoms in total. The molecule has 0 aliphatic rings. The summed E-state index contributed by atoms with van der Waals surface area (Å²) in [5.41, 5.74) is 6.87. The lowest BCUT2D eigenvalue weighted by atomic mass is 10.0. The molecule has 160 valence electrons. The van der Waals surface area contributed by atoms with E-state index in [0.717, 1.165) is 0 Å². The first-order chi connectivity index (χ1) is 14.8. The molecule has 0 fully saturated rings. The van der Waals surface area contributed by atoms with Gasteiger partial charge in [0, 0.05) is 17.5 Å². The lowest BCUT2D eigenvalue weighted by Gasteiger charge is -2.16. The second-order valence-corrected chi connectivity index (χ2v) is 6.88. The van der Waals surface area contributed by atoms with Crippen molar-refractivity contribution in [1.29, 1.82) is 0 Å². The number of nitrogens with two attached hydrogens (primary N) is 1. The van der Waals surface area contributed by atoms with Crippen LogP contribution in [0.3, 0.4) is 0 Å². The number of benzene rings is 2. The van der Waals surface area contributed by atoms with Crippen molar-refractivity contribution >= 4 is 28.8 Å². The van der Waals surface area contributed by atoms with Crippen molar-refractivity contribution in [2.45, 2.75) is 18.9 Å². The van der Waals surface area contributed by atoms with Crippen LogP contribution in [0.2, 0.25) is 0 Å². The van der Waals surface area contributed by atoms with E-state index in [0.29, 0.717) is 28.6 Å². The minimum Gasteiger partial charge on any atom is -0.480 e. The first-order valence-corrected chi connectivity index (χ1v) is 9.58. The fourth-order valence-corrected chi connectivity index (χ4v) is 3.14. The highest BCUT2D eigenvalue weighted by Gasteiger charge is 2.22. The first-order valence-electron chi connectivity index (χ1n) is 9.58. The van der Waals surface area contributed by atoms with Crippen LogP contribution in [0, 0.1) is 5.82 Å². The van der Waals surface area contributed by atoms with Crippen LogP contribution in [0.5, 0.6) is 0 Å². The SMILES string of the molecule is NC(=O)NCCC[C@H](NC(=O)c1cc(-c2ccc(F)cc2)nc2ccccc12)C(=O)O. The normalized spacial score (nSPS) is 11.6. The molecule has 0 aliphatic carbocycles. The maximum Gasteiger partial charge on any atom is 0.326 e. The number of carbonyl (C=O) groups excluding carboxylic acids is 2. The number of nitrogens with one attached hydrogen (secondary N) is 2. The number of rotatable bonds is 8. The number of carbonyl (C=O) groups is 3. The average molecular weight is 424 g/mol. The number of pyridine rings is 1. The fraction of sp³-hybridized carbons (Fsp3) is 0.182. The molecule has 5 N–H and O–H groups in total. The van der Waals surface area contributed by atoms with E-state index in [9.17, 15) is 23.9 Å². The van der Waals surface area contributed by atoms with Crippen molar-refractivity contribution in [2.75, 3.05) is 6.54 Å². The highest BCUT2D eigenvalue weighted by Crippen LogP contribution is 2.25. The number of nitrogens with zero attached hydrogens (tertiary/aromatic N) is 1. The first kappa shape index (κ1) is 21.7. The lowest BCUT2D eigenvalue weighted by molar-refractivity contribution is -0.139. The Hall–Kier alpha value is -4.01. The van der Waals surface area contributed by atoms with Crippen LogP contribution in [0.25, 0.3) is 22.2 Å². The van der Waals surface area contributed by atoms with Crippen LogP contribution in [0.15, 0.2) is 54.6 Å². The highest BCUT2D eigenvalue weighted by atomic mass is 19.1. The lowest BCUT2D eigenvalue weighted by Crippen LogP contribution is -2.41. The van der Waals surface area contributed by atoms with Gasteiger partial charge >= 0.3 is 12.0 Å². The van der Waals surface area contributed by atoms with Crippen molar-refractivity contribution < 1.29 is 23.9 Å². The molecule has 0 saturated heterocycles. The Morgan fingerprint density at radius 1 is 1.10 bits per heavy atom. The van der Waals surface area contributed by atoms with Crippen LogP contribution >= 0.6 is 0 Å². The Balaban J connectivity index is 1.88. The van der Waals surface area contributed by atoms with Gasteiger partial charge in [-0.25, -0.2) is 19.0 Å². The molecule has 0 saturated carbocycles. The summed E-state index contributed by atoms with van der Waals surface area (Å²) < 4.78 is 13.3. The number of halogens is 1. The zero-order chi connectivity index (χ0) is 22.4. The largest absolute Gasteiger partial charge is 0.480 e. The quantitative estimate of drug-likeness (QED) is 0.413. The molecule has 3 amide bonds. The van der Waals surface area contributed by atoms with E-state index in [1.54, 1.807) is 42.5 Å². The van der Waals surface area contributed by atoms with Crippen LogP contribution in [-0.4, -0.2) is 40.6 Å². The Labute approximate surface area is 177 Å². The van der Waals surface area contributed by atoms with Gasteiger partial charge in [0.25, 0.3) is 5.91 Å². The second-order valence-electron chi connectivity index (χ2n) is 6.88. The molecule has 0 spiro atoms. The van der Waals surface area contributed by atoms with Gasteiger partial charge < -0.3 is 21.5 Å². The summed E-state index contributed by atoms with van der Waals surface area (Å²) in [4.78, 5) is 39.9. The Morgan fingerprint density at radius 3 is 2.48 bits per heavy atom. The number of amides is 3. The standard InChI is InChI=1S/C22H21FN4O4/c23-14-9-7-13(8-10-14)19-12-16(15-4-1-2-5-17(15)26-19)20(28)27-18(21(29)30)6-3-11-25-22(24)31/h1-2,4-5,7-10,12,18H,3,6,11H2,(H,27,28)(H,29,30)(H3,24,25,31)/t18-/m0/s1. The van der Waals surface area contributed by atoms with E-state index in [-0.39, 0.29) is 18.5 Å². The van der Waals surface area contributed by atoms with E-state index < -0.39 is 29.8 Å². The van der Waals surface area contributed by atoms with Gasteiger partial charge in [-0.1, -0.05) is 18.2 Å². The Morgan fingerprint density at radius 2 is 1.81 bits per heavy atom. The highest BCUT2D eigenvalue weighted by molar-refractivity contribution is 6.08. The maximum absolute atomic E-state index is 13.3. The van der Waals surface area contributed by atoms with Gasteiger partial charge in [-0.05, 0) is 49.2 Å². The van der Waals surface area contributed by atoms with Gasteiger partial charge in [0.1, 0.15) is 11.9 Å². The van der Waals surface area contributed by atoms with E-state index in [1.807, 2.05) is 0 Å². The summed E-state index contributed by atoms with van der Waals surface area (Å²) >= 11 is 0. The molecule has 3 aromatic rings. The van der Waals surface area contributed by atoms with Gasteiger partial charge in [-0.2, -0.15) is 0 Å². The van der Waals surface area contributed by atoms with Gasteiger partial charge in [-0.3, -0.25) is 4.79 Å². The van der Waals surface area contributed by atoms with Crippen LogP contribution in [0.4, 0.5) is 9.18 Å². The number of carboxylic acids is 1. The van der Waals surface area contributed by atoms with Gasteiger partial charge in [0.05, 0.1) is 16.8 Å². The number of hydrogen-bond acceptors (Lipinski definition) is 4. The Bertz CT molecular complexity index is 1120. The average Bonchev–Trinajstić information content (AvgIpc) is 2.75. The molecule has 9 heteroatoms. The molecular formula is C22H21FN4O4. The molecule has 2 aromatic carbocycles. The monoisotopic (exact) mass is 424 g/mol. The van der Waals surface area contributed by atoms with Crippen LogP contribution in [-0.2, 0) is 4.79 Å². The van der Waals surface area contributed by atoms with Gasteiger partial charge in [0.15, 0.2) is 0 Å². The van der Waals surface area contributed by atoms with Crippen molar-refractivity contribution in [1.82, 2.24) is 15.6 Å². The van der Waals surface area contributed by atoms with Crippen molar-refractivity contribution in [3.8, 4) is 11.3 Å². The number of aromatic nitrogens is 1. The summed E-state index contributed by atoms with van der Waals surface area (Å²) in [6, 6.07) is 12.4. The van der Waals surface area contributed by atoms with Crippen molar-refractivity contribution in [2.24, 2.45) is 5.73 Å². The molecule has 1 heterocycles. The second kappa shape index (κ2) is 9.66. The zero-order valence-corrected chi connectivity index (χ0v) is 16.5. The molecule has 3 rings (SSSR count). The number of fused-ring (bicyclic) bond motifs is 1. The third kappa shape index (κ3) is 5.53. The molecule has 0 radical (unpaired) electrons. The minimum atomic E-state index is -1.19. The predicted octanol–water partition coefficient (Wildman–Crippen LogP) is 2.67. The summed E-state index contributed by atoms with van der Waals surface area (Å²) in [6.07, 6.45) is 0.424. The minimum absolute atomic E-state index is 0.106. The number of para-hydroxylation sites is 1. The van der Waals surface area contributed by atoms with Crippen molar-refractivity contribution in [3.63, 3.8) is 0 Å². The van der Waals surface area contributed by atoms with Crippen molar-refractivity contribution in [3.05, 3.63) is 66.0 Å². The molecule has 0 unspecified atom stereocenters. The van der Waals surface area contributed by atoms with Gasteiger partial charge in [0.2, 0.25) is 0 Å².